The first kappa shape index (κ1) is 15.5. The van der Waals surface area contributed by atoms with E-state index in [9.17, 15) is 0 Å². The molecule has 20 heavy (non-hydrogen) atoms. The Labute approximate surface area is 133 Å². The first-order valence-electron chi connectivity index (χ1n) is 6.46. The number of halogens is 2. The Morgan fingerprint density at radius 1 is 1.15 bits per heavy atom. The standard InChI is InChI=1S/C16H17BrClNO/c1-19-10-16(14-4-2-3-5-15(14)18)20-11-12-6-8-13(17)9-7-12/h2-9,16,19H,10-11H2,1H3. The molecular weight excluding hydrogens is 338 g/mol. The highest BCUT2D eigenvalue weighted by Gasteiger charge is 2.14. The molecule has 1 N–H and O–H groups in total. The summed E-state index contributed by atoms with van der Waals surface area (Å²) in [6.45, 7) is 1.28. The fourth-order valence-electron chi connectivity index (χ4n) is 1.96. The molecule has 1 atom stereocenters. The Hall–Kier alpha value is -0.870. The maximum Gasteiger partial charge on any atom is 0.0968 e. The number of hydrogen-bond acceptors (Lipinski definition) is 2. The Morgan fingerprint density at radius 2 is 1.85 bits per heavy atom. The molecule has 106 valence electrons. The summed E-state index contributed by atoms with van der Waals surface area (Å²) in [4.78, 5) is 0. The van der Waals surface area contributed by atoms with Crippen LogP contribution in [0.1, 0.15) is 17.2 Å². The topological polar surface area (TPSA) is 21.3 Å². The van der Waals surface area contributed by atoms with Gasteiger partial charge in [0.25, 0.3) is 0 Å². The molecule has 0 aliphatic carbocycles. The molecule has 2 rings (SSSR count). The van der Waals surface area contributed by atoms with Crippen LogP contribution >= 0.6 is 27.5 Å². The van der Waals surface area contributed by atoms with E-state index in [1.54, 1.807) is 0 Å². The van der Waals surface area contributed by atoms with Gasteiger partial charge in [-0.1, -0.05) is 57.9 Å². The van der Waals surface area contributed by atoms with Gasteiger partial charge in [0.2, 0.25) is 0 Å². The minimum Gasteiger partial charge on any atom is -0.367 e. The summed E-state index contributed by atoms with van der Waals surface area (Å²) < 4.78 is 7.08. The van der Waals surface area contributed by atoms with Crippen molar-refractivity contribution < 1.29 is 4.74 Å². The lowest BCUT2D eigenvalue weighted by Crippen LogP contribution is -2.20. The molecule has 0 saturated heterocycles. The van der Waals surface area contributed by atoms with Crippen LogP contribution in [0.15, 0.2) is 53.0 Å². The van der Waals surface area contributed by atoms with Gasteiger partial charge in [0.05, 0.1) is 12.7 Å². The summed E-state index contributed by atoms with van der Waals surface area (Å²) in [6.07, 6.45) is -0.0580. The van der Waals surface area contributed by atoms with Gasteiger partial charge in [0.1, 0.15) is 0 Å². The molecule has 0 saturated carbocycles. The number of likely N-dealkylation sites (N-methyl/N-ethyl adjacent to an activating group) is 1. The number of nitrogens with one attached hydrogen (secondary N) is 1. The van der Waals surface area contributed by atoms with E-state index in [0.29, 0.717) is 6.61 Å². The lowest BCUT2D eigenvalue weighted by Gasteiger charge is -2.19. The predicted octanol–water partition coefficient (Wildman–Crippen LogP) is 4.58. The quantitative estimate of drug-likeness (QED) is 0.820. The molecule has 2 nitrogen and oxygen atoms in total. The van der Waals surface area contributed by atoms with Crippen LogP contribution in [0.4, 0.5) is 0 Å². The molecule has 2 aromatic rings. The van der Waals surface area contributed by atoms with Crippen molar-refractivity contribution in [1.82, 2.24) is 5.32 Å². The van der Waals surface area contributed by atoms with Crippen molar-refractivity contribution in [2.45, 2.75) is 12.7 Å². The Morgan fingerprint density at radius 3 is 2.50 bits per heavy atom. The van der Waals surface area contributed by atoms with Crippen LogP contribution in [0.25, 0.3) is 0 Å². The van der Waals surface area contributed by atoms with E-state index in [1.807, 2.05) is 55.6 Å². The average molecular weight is 355 g/mol. The van der Waals surface area contributed by atoms with Gasteiger partial charge < -0.3 is 10.1 Å². The van der Waals surface area contributed by atoms with E-state index in [2.05, 4.69) is 21.2 Å². The molecule has 2 aromatic carbocycles. The largest absolute Gasteiger partial charge is 0.367 e. The molecule has 0 spiro atoms. The second-order valence-corrected chi connectivity index (χ2v) is 5.83. The van der Waals surface area contributed by atoms with Gasteiger partial charge in [-0.3, -0.25) is 0 Å². The fraction of sp³-hybridized carbons (Fsp3) is 0.250. The van der Waals surface area contributed by atoms with E-state index in [-0.39, 0.29) is 6.10 Å². The molecule has 1 unspecified atom stereocenters. The van der Waals surface area contributed by atoms with Crippen LogP contribution in [-0.2, 0) is 11.3 Å². The smallest absolute Gasteiger partial charge is 0.0968 e. The van der Waals surface area contributed by atoms with Gasteiger partial charge in [-0.05, 0) is 30.8 Å². The SMILES string of the molecule is CNCC(OCc1ccc(Br)cc1)c1ccccc1Cl. The zero-order chi connectivity index (χ0) is 14.4. The van der Waals surface area contributed by atoms with E-state index < -0.39 is 0 Å². The van der Waals surface area contributed by atoms with Crippen LogP contribution in [0.2, 0.25) is 5.02 Å². The second kappa shape index (κ2) is 7.79. The molecule has 0 bridgehead atoms. The van der Waals surface area contributed by atoms with Crippen LogP contribution < -0.4 is 5.32 Å². The average Bonchev–Trinajstić information content (AvgIpc) is 2.46. The minimum atomic E-state index is -0.0580. The Bertz CT molecular complexity index is 544. The molecule has 0 aliphatic heterocycles. The molecule has 0 aliphatic rings. The summed E-state index contributed by atoms with van der Waals surface area (Å²) in [7, 11) is 1.91. The van der Waals surface area contributed by atoms with E-state index in [4.69, 9.17) is 16.3 Å². The van der Waals surface area contributed by atoms with Crippen LogP contribution in [0, 0.1) is 0 Å². The lowest BCUT2D eigenvalue weighted by atomic mass is 10.1. The number of rotatable bonds is 6. The molecular formula is C16H17BrClNO. The minimum absolute atomic E-state index is 0.0580. The number of hydrogen-bond donors (Lipinski definition) is 1. The monoisotopic (exact) mass is 353 g/mol. The summed E-state index contributed by atoms with van der Waals surface area (Å²) in [5.41, 5.74) is 2.15. The third-order valence-electron chi connectivity index (χ3n) is 3.01. The van der Waals surface area contributed by atoms with Gasteiger partial charge in [-0.2, -0.15) is 0 Å². The van der Waals surface area contributed by atoms with Crippen molar-refractivity contribution in [3.05, 3.63) is 69.2 Å². The van der Waals surface area contributed by atoms with Crippen molar-refractivity contribution in [2.75, 3.05) is 13.6 Å². The van der Waals surface area contributed by atoms with E-state index >= 15 is 0 Å². The highest BCUT2D eigenvalue weighted by atomic mass is 79.9. The zero-order valence-electron chi connectivity index (χ0n) is 11.3. The summed E-state index contributed by atoms with van der Waals surface area (Å²) in [5, 5.41) is 3.89. The predicted molar refractivity (Wildman–Crippen MR) is 87.1 cm³/mol. The fourth-order valence-corrected chi connectivity index (χ4v) is 2.48. The Balaban J connectivity index is 2.06. The summed E-state index contributed by atoms with van der Waals surface area (Å²) in [6, 6.07) is 15.9. The maximum absolute atomic E-state index is 6.24. The van der Waals surface area contributed by atoms with Crippen LogP contribution in [-0.4, -0.2) is 13.6 Å². The van der Waals surface area contributed by atoms with Crippen molar-refractivity contribution >= 4 is 27.5 Å². The number of benzene rings is 2. The van der Waals surface area contributed by atoms with Gasteiger partial charge in [-0.25, -0.2) is 0 Å². The maximum atomic E-state index is 6.24. The highest BCUT2D eigenvalue weighted by molar-refractivity contribution is 9.10. The van der Waals surface area contributed by atoms with Gasteiger partial charge >= 0.3 is 0 Å². The molecule has 0 aromatic heterocycles. The molecule has 0 fully saturated rings. The first-order valence-corrected chi connectivity index (χ1v) is 7.63. The van der Waals surface area contributed by atoms with Crippen molar-refractivity contribution in [2.24, 2.45) is 0 Å². The third-order valence-corrected chi connectivity index (χ3v) is 3.88. The molecule has 0 heterocycles. The van der Waals surface area contributed by atoms with Gasteiger partial charge in [0.15, 0.2) is 0 Å². The van der Waals surface area contributed by atoms with Crippen molar-refractivity contribution in [1.29, 1.82) is 0 Å². The van der Waals surface area contributed by atoms with Crippen LogP contribution in [0.5, 0.6) is 0 Å². The van der Waals surface area contributed by atoms with Crippen molar-refractivity contribution in [3.8, 4) is 0 Å². The first-order chi connectivity index (χ1) is 9.70. The third kappa shape index (κ3) is 4.32. The molecule has 0 amide bonds. The summed E-state index contributed by atoms with van der Waals surface area (Å²) in [5.74, 6) is 0. The molecule has 4 heteroatoms. The normalized spacial score (nSPS) is 12.3. The summed E-state index contributed by atoms with van der Waals surface area (Å²) >= 11 is 9.67. The molecule has 0 radical (unpaired) electrons. The lowest BCUT2D eigenvalue weighted by molar-refractivity contribution is 0.0411. The van der Waals surface area contributed by atoms with E-state index in [1.165, 1.54) is 0 Å². The van der Waals surface area contributed by atoms with Gasteiger partial charge in [-0.15, -0.1) is 0 Å². The van der Waals surface area contributed by atoms with Crippen LogP contribution in [0.3, 0.4) is 0 Å². The zero-order valence-corrected chi connectivity index (χ0v) is 13.6. The van der Waals surface area contributed by atoms with E-state index in [0.717, 1.165) is 27.2 Å². The van der Waals surface area contributed by atoms with Crippen molar-refractivity contribution in [3.63, 3.8) is 0 Å². The number of ether oxygens (including phenoxy) is 1. The highest BCUT2D eigenvalue weighted by Crippen LogP contribution is 2.26. The van der Waals surface area contributed by atoms with Gasteiger partial charge in [0, 0.05) is 21.6 Å². The Kier molecular flexibility index (Phi) is 6.05. The second-order valence-electron chi connectivity index (χ2n) is 4.51.